The molecule has 0 aliphatic carbocycles. The molecule has 6 nitrogen and oxygen atoms in total. The number of carbonyl (C=O) groups is 2. The number of amides is 2. The highest BCUT2D eigenvalue weighted by Crippen LogP contribution is 2.24. The van der Waals surface area contributed by atoms with Crippen molar-refractivity contribution in [2.24, 2.45) is 5.92 Å². The fraction of sp³-hybridized carbons (Fsp3) is 0.300. The molecule has 0 spiro atoms. The quantitative estimate of drug-likeness (QED) is 0.551. The van der Waals surface area contributed by atoms with Gasteiger partial charge in [-0.1, -0.05) is 41.9 Å². The van der Waals surface area contributed by atoms with Crippen LogP contribution in [0.2, 0.25) is 5.02 Å². The summed E-state index contributed by atoms with van der Waals surface area (Å²) in [6, 6.07) is 16.8. The third-order valence-electron chi connectivity index (χ3n) is 4.49. The summed E-state index contributed by atoms with van der Waals surface area (Å²) in [7, 11) is 0. The molecule has 4 N–H and O–H groups in total. The van der Waals surface area contributed by atoms with Gasteiger partial charge in [-0.05, 0) is 36.2 Å². The average Bonchev–Trinajstić information content (AvgIpc) is 3.17. The predicted molar refractivity (Wildman–Crippen MR) is 106 cm³/mol. The van der Waals surface area contributed by atoms with Crippen molar-refractivity contribution in [3.63, 3.8) is 0 Å². The Hall–Kier alpha value is -2.41. The van der Waals surface area contributed by atoms with Crippen LogP contribution in [-0.2, 0) is 9.59 Å². The molecule has 1 heterocycles. The maximum Gasteiger partial charge on any atom is 0.226 e. The second kappa shape index (κ2) is 9.50. The van der Waals surface area contributed by atoms with Crippen LogP contribution in [-0.4, -0.2) is 24.9 Å². The number of hydrogen-bond acceptors (Lipinski definition) is 4. The Balaban J connectivity index is 1.40. The van der Waals surface area contributed by atoms with Gasteiger partial charge in [0.2, 0.25) is 11.8 Å². The third-order valence-corrected chi connectivity index (χ3v) is 4.74. The first-order valence-corrected chi connectivity index (χ1v) is 9.38. The summed E-state index contributed by atoms with van der Waals surface area (Å²) < 4.78 is 0. The standard InChI is InChI=1S/C20H23ClN4O2/c21-15-8-10-16(11-9-15)24-18(26)7-4-12-22-20(27)17-13-23-25-19(17)14-5-2-1-3-6-14/h1-3,5-6,8-11,17,19,23,25H,4,7,12-13H2,(H,22,27)(H,24,26). The first-order valence-electron chi connectivity index (χ1n) is 9.00. The molecule has 2 aromatic carbocycles. The summed E-state index contributed by atoms with van der Waals surface area (Å²) in [5.74, 6) is -0.285. The lowest BCUT2D eigenvalue weighted by atomic mass is 9.94. The van der Waals surface area contributed by atoms with E-state index in [0.29, 0.717) is 36.6 Å². The summed E-state index contributed by atoms with van der Waals surface area (Å²) in [6.45, 7) is 1.04. The summed E-state index contributed by atoms with van der Waals surface area (Å²) in [4.78, 5) is 24.5. The van der Waals surface area contributed by atoms with Crippen LogP contribution in [0.25, 0.3) is 0 Å². The van der Waals surface area contributed by atoms with E-state index in [-0.39, 0.29) is 23.8 Å². The van der Waals surface area contributed by atoms with E-state index in [9.17, 15) is 9.59 Å². The molecule has 0 bridgehead atoms. The molecule has 1 saturated heterocycles. The number of halogens is 1. The molecule has 2 amide bonds. The van der Waals surface area contributed by atoms with Crippen LogP contribution >= 0.6 is 11.6 Å². The number of anilines is 1. The highest BCUT2D eigenvalue weighted by molar-refractivity contribution is 6.30. The second-order valence-electron chi connectivity index (χ2n) is 6.47. The molecule has 142 valence electrons. The molecule has 2 aromatic rings. The minimum atomic E-state index is -0.185. The van der Waals surface area contributed by atoms with E-state index >= 15 is 0 Å². The van der Waals surface area contributed by atoms with Gasteiger partial charge in [0.05, 0.1) is 12.0 Å². The number of nitrogens with one attached hydrogen (secondary N) is 4. The summed E-state index contributed by atoms with van der Waals surface area (Å²) in [6.07, 6.45) is 0.918. The monoisotopic (exact) mass is 386 g/mol. The normalized spacial score (nSPS) is 18.9. The smallest absolute Gasteiger partial charge is 0.226 e. The van der Waals surface area contributed by atoms with Gasteiger partial charge in [0.1, 0.15) is 0 Å². The van der Waals surface area contributed by atoms with E-state index in [2.05, 4.69) is 21.5 Å². The van der Waals surface area contributed by atoms with Gasteiger partial charge in [0.15, 0.2) is 0 Å². The van der Waals surface area contributed by atoms with Crippen molar-refractivity contribution in [2.45, 2.75) is 18.9 Å². The van der Waals surface area contributed by atoms with Gasteiger partial charge >= 0.3 is 0 Å². The largest absolute Gasteiger partial charge is 0.356 e. The van der Waals surface area contributed by atoms with Crippen LogP contribution in [0.3, 0.4) is 0 Å². The Kier molecular flexibility index (Phi) is 6.81. The van der Waals surface area contributed by atoms with E-state index in [1.165, 1.54) is 0 Å². The van der Waals surface area contributed by atoms with Gasteiger partial charge in [-0.15, -0.1) is 0 Å². The lowest BCUT2D eigenvalue weighted by Crippen LogP contribution is -2.35. The third kappa shape index (κ3) is 5.53. The predicted octanol–water partition coefficient (Wildman–Crippen LogP) is 2.64. The Morgan fingerprint density at radius 2 is 1.81 bits per heavy atom. The van der Waals surface area contributed by atoms with E-state index in [4.69, 9.17) is 11.6 Å². The maximum atomic E-state index is 12.5. The molecule has 0 radical (unpaired) electrons. The molecule has 1 aliphatic heterocycles. The molecule has 3 rings (SSSR count). The molecule has 1 fully saturated rings. The fourth-order valence-electron chi connectivity index (χ4n) is 3.07. The number of carbonyl (C=O) groups excluding carboxylic acids is 2. The zero-order valence-electron chi connectivity index (χ0n) is 14.9. The zero-order valence-corrected chi connectivity index (χ0v) is 15.6. The average molecular weight is 387 g/mol. The number of hydrogen-bond donors (Lipinski definition) is 4. The Bertz CT molecular complexity index is 767. The first kappa shape index (κ1) is 19.4. The highest BCUT2D eigenvalue weighted by Gasteiger charge is 2.33. The van der Waals surface area contributed by atoms with Gasteiger partial charge in [-0.3, -0.25) is 15.0 Å². The molecule has 1 aliphatic rings. The second-order valence-corrected chi connectivity index (χ2v) is 6.91. The molecule has 0 aromatic heterocycles. The van der Waals surface area contributed by atoms with Crippen molar-refractivity contribution in [1.29, 1.82) is 0 Å². The number of hydrazine groups is 1. The lowest BCUT2D eigenvalue weighted by Gasteiger charge is -2.18. The van der Waals surface area contributed by atoms with Gasteiger partial charge in [0.25, 0.3) is 0 Å². The number of rotatable bonds is 7. The summed E-state index contributed by atoms with van der Waals surface area (Å²) >= 11 is 5.82. The maximum absolute atomic E-state index is 12.5. The molecule has 2 unspecified atom stereocenters. The zero-order chi connectivity index (χ0) is 19.1. The van der Waals surface area contributed by atoms with Crippen LogP contribution < -0.4 is 21.5 Å². The molecule has 7 heteroatoms. The van der Waals surface area contributed by atoms with Crippen LogP contribution in [0.5, 0.6) is 0 Å². The Morgan fingerprint density at radius 3 is 2.56 bits per heavy atom. The molecular formula is C20H23ClN4O2. The van der Waals surface area contributed by atoms with E-state index in [0.717, 1.165) is 5.56 Å². The van der Waals surface area contributed by atoms with E-state index < -0.39 is 0 Å². The highest BCUT2D eigenvalue weighted by atomic mass is 35.5. The van der Waals surface area contributed by atoms with E-state index in [1.807, 2.05) is 30.3 Å². The van der Waals surface area contributed by atoms with Gasteiger partial charge < -0.3 is 10.6 Å². The van der Waals surface area contributed by atoms with Crippen LogP contribution in [0, 0.1) is 5.92 Å². The fourth-order valence-corrected chi connectivity index (χ4v) is 3.19. The minimum absolute atomic E-state index is 0.0144. The molecule has 2 atom stereocenters. The van der Waals surface area contributed by atoms with Crippen molar-refractivity contribution < 1.29 is 9.59 Å². The summed E-state index contributed by atoms with van der Waals surface area (Å²) in [5, 5.41) is 6.37. The molecule has 27 heavy (non-hydrogen) atoms. The van der Waals surface area contributed by atoms with Crippen molar-refractivity contribution in [2.75, 3.05) is 18.4 Å². The molecule has 0 saturated carbocycles. The van der Waals surface area contributed by atoms with Crippen LogP contribution in [0.1, 0.15) is 24.4 Å². The topological polar surface area (TPSA) is 82.3 Å². The van der Waals surface area contributed by atoms with Crippen molar-refractivity contribution in [3.8, 4) is 0 Å². The lowest BCUT2D eigenvalue weighted by molar-refractivity contribution is -0.125. The van der Waals surface area contributed by atoms with Gasteiger partial charge in [0, 0.05) is 30.2 Å². The van der Waals surface area contributed by atoms with Crippen LogP contribution in [0.15, 0.2) is 54.6 Å². The van der Waals surface area contributed by atoms with Crippen LogP contribution in [0.4, 0.5) is 5.69 Å². The van der Waals surface area contributed by atoms with Crippen molar-refractivity contribution in [1.82, 2.24) is 16.2 Å². The van der Waals surface area contributed by atoms with E-state index in [1.54, 1.807) is 24.3 Å². The SMILES string of the molecule is O=C(CCCNC(=O)C1CNNC1c1ccccc1)Nc1ccc(Cl)cc1. The van der Waals surface area contributed by atoms with Crippen molar-refractivity contribution in [3.05, 3.63) is 65.2 Å². The first-order chi connectivity index (χ1) is 13.1. The molecular weight excluding hydrogens is 364 g/mol. The number of benzene rings is 2. The minimum Gasteiger partial charge on any atom is -0.356 e. The summed E-state index contributed by atoms with van der Waals surface area (Å²) in [5.41, 5.74) is 8.00. The van der Waals surface area contributed by atoms with Gasteiger partial charge in [-0.25, -0.2) is 5.43 Å². The Labute approximate surface area is 163 Å². The van der Waals surface area contributed by atoms with Gasteiger partial charge in [-0.2, -0.15) is 0 Å². The van der Waals surface area contributed by atoms with Crippen molar-refractivity contribution >= 4 is 29.1 Å². The Morgan fingerprint density at radius 1 is 1.07 bits per heavy atom.